The van der Waals surface area contributed by atoms with E-state index in [2.05, 4.69) is 15.2 Å². The molecule has 4 rings (SSSR count). The van der Waals surface area contributed by atoms with Gasteiger partial charge in [0.05, 0.1) is 29.6 Å². The standard InChI is InChI=1S/C21H19F4N5O2/c1-13-18(32-19-7-4-14(12-26-19)21(23,24)25)3-2-10-29(13)20(31)16-6-5-15(22)11-17(16)30-27-8-9-28-30/h4-9,11-13,18H,2-3,10H2,1H3. The minimum Gasteiger partial charge on any atom is -0.472 e. The molecular weight excluding hydrogens is 430 g/mol. The Morgan fingerprint density at radius 2 is 1.91 bits per heavy atom. The van der Waals surface area contributed by atoms with Crippen molar-refractivity contribution in [1.29, 1.82) is 0 Å². The van der Waals surface area contributed by atoms with Gasteiger partial charge >= 0.3 is 6.18 Å². The Balaban J connectivity index is 1.54. The molecule has 1 aromatic carbocycles. The van der Waals surface area contributed by atoms with Crippen LogP contribution in [0.4, 0.5) is 17.6 Å². The summed E-state index contributed by atoms with van der Waals surface area (Å²) in [5.41, 5.74) is -0.433. The van der Waals surface area contributed by atoms with Crippen molar-refractivity contribution in [3.63, 3.8) is 0 Å². The first-order chi connectivity index (χ1) is 15.2. The van der Waals surface area contributed by atoms with Crippen LogP contribution in [-0.4, -0.2) is 49.5 Å². The Hall–Kier alpha value is -3.50. The number of likely N-dealkylation sites (tertiary alicyclic amines) is 1. The quantitative estimate of drug-likeness (QED) is 0.565. The van der Waals surface area contributed by atoms with Gasteiger partial charge < -0.3 is 9.64 Å². The van der Waals surface area contributed by atoms with Gasteiger partial charge in [0.15, 0.2) is 0 Å². The average Bonchev–Trinajstić information content (AvgIpc) is 3.29. The van der Waals surface area contributed by atoms with Crippen LogP contribution in [-0.2, 0) is 6.18 Å². The highest BCUT2D eigenvalue weighted by Gasteiger charge is 2.35. The molecule has 2 atom stereocenters. The van der Waals surface area contributed by atoms with Crippen molar-refractivity contribution in [3.8, 4) is 11.6 Å². The van der Waals surface area contributed by atoms with Crippen LogP contribution in [0.15, 0.2) is 48.9 Å². The predicted octanol–water partition coefficient (Wildman–Crippen LogP) is 3.89. The third kappa shape index (κ3) is 4.41. The van der Waals surface area contributed by atoms with Gasteiger partial charge in [-0.3, -0.25) is 4.79 Å². The van der Waals surface area contributed by atoms with E-state index in [1.165, 1.54) is 35.4 Å². The molecule has 1 fully saturated rings. The number of hydrogen-bond acceptors (Lipinski definition) is 5. The number of hydrogen-bond donors (Lipinski definition) is 0. The van der Waals surface area contributed by atoms with Crippen LogP contribution in [0.5, 0.6) is 5.88 Å². The van der Waals surface area contributed by atoms with E-state index in [9.17, 15) is 22.4 Å². The van der Waals surface area contributed by atoms with Crippen molar-refractivity contribution in [2.45, 2.75) is 38.1 Å². The van der Waals surface area contributed by atoms with Gasteiger partial charge in [-0.2, -0.15) is 28.2 Å². The van der Waals surface area contributed by atoms with Crippen LogP contribution in [0.3, 0.4) is 0 Å². The molecule has 0 N–H and O–H groups in total. The summed E-state index contributed by atoms with van der Waals surface area (Å²) in [6.45, 7) is 2.24. The molecule has 168 valence electrons. The van der Waals surface area contributed by atoms with Gasteiger partial charge in [-0.05, 0) is 38.0 Å². The van der Waals surface area contributed by atoms with E-state index < -0.39 is 29.7 Å². The van der Waals surface area contributed by atoms with Crippen LogP contribution >= 0.6 is 0 Å². The second-order valence-electron chi connectivity index (χ2n) is 7.40. The molecule has 3 aromatic rings. The number of pyridine rings is 1. The Kier molecular flexibility index (Phi) is 5.81. The molecule has 0 saturated carbocycles. The summed E-state index contributed by atoms with van der Waals surface area (Å²) < 4.78 is 57.9. The second kappa shape index (κ2) is 8.56. The smallest absolute Gasteiger partial charge is 0.417 e. The zero-order valence-corrected chi connectivity index (χ0v) is 17.0. The van der Waals surface area contributed by atoms with Gasteiger partial charge in [0.1, 0.15) is 17.6 Å². The Morgan fingerprint density at radius 3 is 2.56 bits per heavy atom. The number of carbonyl (C=O) groups is 1. The number of aromatic nitrogens is 4. The largest absolute Gasteiger partial charge is 0.472 e. The molecule has 1 amide bonds. The summed E-state index contributed by atoms with van der Waals surface area (Å²) in [4.78, 5) is 19.8. The number of alkyl halides is 3. The molecular formula is C21H19F4N5O2. The van der Waals surface area contributed by atoms with Crippen molar-refractivity contribution in [1.82, 2.24) is 24.9 Å². The minimum absolute atomic E-state index is 0.0485. The van der Waals surface area contributed by atoms with Gasteiger partial charge in [0, 0.05) is 24.9 Å². The summed E-state index contributed by atoms with van der Waals surface area (Å²) in [5.74, 6) is -0.832. The lowest BCUT2D eigenvalue weighted by Crippen LogP contribution is -2.51. The predicted molar refractivity (Wildman–Crippen MR) is 105 cm³/mol. The topological polar surface area (TPSA) is 73.1 Å². The lowest BCUT2D eigenvalue weighted by Gasteiger charge is -2.39. The van der Waals surface area contributed by atoms with Crippen molar-refractivity contribution in [3.05, 3.63) is 65.9 Å². The second-order valence-corrected chi connectivity index (χ2v) is 7.40. The van der Waals surface area contributed by atoms with E-state index in [0.29, 0.717) is 25.6 Å². The highest BCUT2D eigenvalue weighted by molar-refractivity contribution is 5.98. The summed E-state index contributed by atoms with van der Waals surface area (Å²) >= 11 is 0. The van der Waals surface area contributed by atoms with Crippen molar-refractivity contribution < 1.29 is 27.1 Å². The molecule has 2 aromatic heterocycles. The Labute approximate surface area is 180 Å². The first-order valence-corrected chi connectivity index (χ1v) is 9.91. The zero-order chi connectivity index (χ0) is 22.9. The fourth-order valence-electron chi connectivity index (χ4n) is 3.67. The molecule has 2 unspecified atom stereocenters. The normalized spacial score (nSPS) is 19.1. The van der Waals surface area contributed by atoms with Gasteiger partial charge in [-0.1, -0.05) is 0 Å². The molecule has 7 nitrogen and oxygen atoms in total. The Bertz CT molecular complexity index is 1090. The van der Waals surface area contributed by atoms with Crippen LogP contribution in [0.1, 0.15) is 35.7 Å². The number of amides is 1. The van der Waals surface area contributed by atoms with Gasteiger partial charge in [0.25, 0.3) is 5.91 Å². The van der Waals surface area contributed by atoms with Crippen LogP contribution in [0, 0.1) is 5.82 Å². The van der Waals surface area contributed by atoms with Gasteiger partial charge in [-0.25, -0.2) is 9.37 Å². The number of carbonyl (C=O) groups excluding carboxylic acids is 1. The molecule has 1 aliphatic heterocycles. The molecule has 0 aliphatic carbocycles. The van der Waals surface area contributed by atoms with E-state index >= 15 is 0 Å². The number of benzene rings is 1. The number of halogens is 4. The highest BCUT2D eigenvalue weighted by Crippen LogP contribution is 2.30. The number of nitrogens with zero attached hydrogens (tertiary/aromatic N) is 5. The van der Waals surface area contributed by atoms with E-state index in [1.54, 1.807) is 11.8 Å². The van der Waals surface area contributed by atoms with Crippen molar-refractivity contribution in [2.75, 3.05) is 6.54 Å². The SMILES string of the molecule is CC1C(Oc2ccc(C(F)(F)F)cn2)CCCN1C(=O)c1ccc(F)cc1-n1nccn1. The lowest BCUT2D eigenvalue weighted by molar-refractivity contribution is -0.137. The lowest BCUT2D eigenvalue weighted by atomic mass is 9.98. The van der Waals surface area contributed by atoms with Crippen molar-refractivity contribution in [2.24, 2.45) is 0 Å². The van der Waals surface area contributed by atoms with E-state index in [0.717, 1.165) is 12.1 Å². The Morgan fingerprint density at radius 1 is 1.16 bits per heavy atom. The fraction of sp³-hybridized carbons (Fsp3) is 0.333. The third-order valence-corrected chi connectivity index (χ3v) is 5.34. The molecule has 0 bridgehead atoms. The summed E-state index contributed by atoms with van der Waals surface area (Å²) in [7, 11) is 0. The van der Waals surface area contributed by atoms with Crippen LogP contribution in [0.25, 0.3) is 5.69 Å². The molecule has 1 aliphatic rings. The van der Waals surface area contributed by atoms with Crippen LogP contribution in [0.2, 0.25) is 0 Å². The first kappa shape index (κ1) is 21.7. The third-order valence-electron chi connectivity index (χ3n) is 5.34. The maximum Gasteiger partial charge on any atom is 0.417 e. The monoisotopic (exact) mass is 449 g/mol. The van der Waals surface area contributed by atoms with E-state index in [-0.39, 0.29) is 23.0 Å². The molecule has 3 heterocycles. The van der Waals surface area contributed by atoms with E-state index in [4.69, 9.17) is 4.74 Å². The average molecular weight is 449 g/mol. The highest BCUT2D eigenvalue weighted by atomic mass is 19.4. The maximum absolute atomic E-state index is 13.8. The summed E-state index contributed by atoms with van der Waals surface area (Å²) in [6, 6.07) is 5.42. The van der Waals surface area contributed by atoms with Gasteiger partial charge in [-0.15, -0.1) is 0 Å². The van der Waals surface area contributed by atoms with E-state index in [1.807, 2.05) is 0 Å². The fourth-order valence-corrected chi connectivity index (χ4v) is 3.67. The van der Waals surface area contributed by atoms with Crippen molar-refractivity contribution >= 4 is 5.91 Å². The van der Waals surface area contributed by atoms with Crippen LogP contribution < -0.4 is 4.74 Å². The molecule has 0 radical (unpaired) electrons. The summed E-state index contributed by atoms with van der Waals surface area (Å²) in [6.07, 6.45) is -0.171. The number of ether oxygens (including phenoxy) is 1. The molecule has 11 heteroatoms. The molecule has 1 saturated heterocycles. The summed E-state index contributed by atoms with van der Waals surface area (Å²) in [5, 5.41) is 7.97. The number of rotatable bonds is 4. The molecule has 0 spiro atoms. The molecule has 32 heavy (non-hydrogen) atoms. The minimum atomic E-state index is -4.48. The van der Waals surface area contributed by atoms with Gasteiger partial charge in [0.2, 0.25) is 5.88 Å². The number of piperidine rings is 1. The first-order valence-electron chi connectivity index (χ1n) is 9.91. The zero-order valence-electron chi connectivity index (χ0n) is 17.0. The maximum atomic E-state index is 13.8.